The number of nitrogens with one attached hydrogen (secondary N) is 1. The Hall–Kier alpha value is -1.51. The highest BCUT2D eigenvalue weighted by Crippen LogP contribution is 2.63. The van der Waals surface area contributed by atoms with Crippen molar-refractivity contribution in [2.24, 2.45) is 23.2 Å². The molecular formula is C20H27NO2. The highest BCUT2D eigenvalue weighted by Gasteiger charge is 2.53. The van der Waals surface area contributed by atoms with Crippen LogP contribution in [0.15, 0.2) is 12.1 Å². The first-order chi connectivity index (χ1) is 11.0. The van der Waals surface area contributed by atoms with E-state index >= 15 is 0 Å². The number of aromatic hydroxyl groups is 1. The number of hydrogen-bond donors (Lipinski definition) is 2. The lowest BCUT2D eigenvalue weighted by atomic mass is 9.54. The molecule has 3 aliphatic rings. The molecule has 2 saturated carbocycles. The second-order valence-electron chi connectivity index (χ2n) is 8.27. The topological polar surface area (TPSA) is 49.3 Å². The van der Waals surface area contributed by atoms with E-state index in [1.54, 1.807) is 0 Å². The third kappa shape index (κ3) is 2.12. The van der Waals surface area contributed by atoms with Crippen molar-refractivity contribution in [2.75, 3.05) is 5.32 Å². The molecule has 3 aliphatic carbocycles. The Morgan fingerprint density at radius 2 is 2.09 bits per heavy atom. The van der Waals surface area contributed by atoms with E-state index in [0.29, 0.717) is 23.4 Å². The van der Waals surface area contributed by atoms with Gasteiger partial charge in [-0.25, -0.2) is 0 Å². The molecule has 2 fully saturated rings. The predicted molar refractivity (Wildman–Crippen MR) is 91.6 cm³/mol. The van der Waals surface area contributed by atoms with Gasteiger partial charge in [-0.2, -0.15) is 0 Å². The van der Waals surface area contributed by atoms with Crippen molar-refractivity contribution in [3.05, 3.63) is 23.3 Å². The van der Waals surface area contributed by atoms with E-state index < -0.39 is 0 Å². The number of phenolic OH excluding ortho intramolecular Hbond substituents is 1. The molecule has 5 atom stereocenters. The number of hydrogen-bond acceptors (Lipinski definition) is 2. The number of fused-ring (bicyclic) bond motifs is 5. The first-order valence-electron chi connectivity index (χ1n) is 9.10. The Morgan fingerprint density at radius 3 is 2.87 bits per heavy atom. The minimum atomic E-state index is 0.199. The van der Waals surface area contributed by atoms with Gasteiger partial charge < -0.3 is 10.4 Å². The van der Waals surface area contributed by atoms with Gasteiger partial charge in [-0.3, -0.25) is 4.79 Å². The van der Waals surface area contributed by atoms with Gasteiger partial charge in [0, 0.05) is 0 Å². The van der Waals surface area contributed by atoms with Crippen molar-refractivity contribution in [3.8, 4) is 5.75 Å². The van der Waals surface area contributed by atoms with Crippen molar-refractivity contribution in [1.29, 1.82) is 0 Å². The molecule has 0 aliphatic heterocycles. The molecule has 3 nitrogen and oxygen atoms in total. The first kappa shape index (κ1) is 15.0. The van der Waals surface area contributed by atoms with Gasteiger partial charge in [0.25, 0.3) is 0 Å². The average molecular weight is 313 g/mol. The number of carbonyl (C=O) groups excluding carboxylic acids is 1. The molecule has 0 radical (unpaired) electrons. The summed E-state index contributed by atoms with van der Waals surface area (Å²) in [6, 6.07) is 3.92. The first-order valence-corrected chi connectivity index (χ1v) is 9.10. The van der Waals surface area contributed by atoms with Gasteiger partial charge in [-0.1, -0.05) is 13.8 Å². The summed E-state index contributed by atoms with van der Waals surface area (Å²) in [6.07, 6.45) is 8.29. The van der Waals surface area contributed by atoms with Gasteiger partial charge in [0.2, 0.25) is 6.41 Å². The third-order valence-electron chi connectivity index (χ3n) is 7.53. The van der Waals surface area contributed by atoms with Crippen molar-refractivity contribution >= 4 is 12.1 Å². The fourth-order valence-corrected chi connectivity index (χ4v) is 6.05. The van der Waals surface area contributed by atoms with Crippen molar-refractivity contribution in [2.45, 2.75) is 58.3 Å². The molecule has 4 rings (SSSR count). The molecule has 0 spiro atoms. The average Bonchev–Trinajstić information content (AvgIpc) is 2.84. The van der Waals surface area contributed by atoms with Gasteiger partial charge >= 0.3 is 0 Å². The number of anilines is 1. The van der Waals surface area contributed by atoms with E-state index in [0.717, 1.165) is 24.2 Å². The monoisotopic (exact) mass is 313 g/mol. The van der Waals surface area contributed by atoms with Gasteiger partial charge in [0.05, 0.1) is 5.69 Å². The van der Waals surface area contributed by atoms with E-state index in [4.69, 9.17) is 0 Å². The summed E-state index contributed by atoms with van der Waals surface area (Å²) >= 11 is 0. The maximum atomic E-state index is 10.8. The molecular weight excluding hydrogens is 286 g/mol. The van der Waals surface area contributed by atoms with E-state index in [9.17, 15) is 9.90 Å². The van der Waals surface area contributed by atoms with Crippen molar-refractivity contribution in [3.63, 3.8) is 0 Å². The Labute approximate surface area is 138 Å². The Morgan fingerprint density at radius 1 is 1.26 bits per heavy atom. The van der Waals surface area contributed by atoms with E-state index in [1.807, 2.05) is 12.1 Å². The smallest absolute Gasteiger partial charge is 0.211 e. The molecule has 0 saturated heterocycles. The lowest BCUT2D eigenvalue weighted by Crippen LogP contribution is -2.41. The second kappa shape index (κ2) is 5.25. The molecule has 0 aromatic heterocycles. The van der Waals surface area contributed by atoms with E-state index in [2.05, 4.69) is 19.2 Å². The molecule has 2 N–H and O–H groups in total. The van der Waals surface area contributed by atoms with Crippen LogP contribution in [0.5, 0.6) is 5.75 Å². The molecule has 1 amide bonds. The summed E-state index contributed by atoms with van der Waals surface area (Å²) in [5, 5.41) is 12.7. The molecule has 3 heteroatoms. The Bertz CT molecular complexity index is 641. The molecule has 23 heavy (non-hydrogen) atoms. The zero-order valence-corrected chi connectivity index (χ0v) is 14.1. The van der Waals surface area contributed by atoms with Crippen LogP contribution in [0.2, 0.25) is 0 Å². The molecule has 0 heterocycles. The van der Waals surface area contributed by atoms with Crippen LogP contribution in [-0.4, -0.2) is 11.5 Å². The van der Waals surface area contributed by atoms with Crippen LogP contribution < -0.4 is 5.32 Å². The fourth-order valence-electron chi connectivity index (χ4n) is 6.05. The minimum Gasteiger partial charge on any atom is -0.506 e. The molecule has 0 bridgehead atoms. The number of phenols is 1. The highest BCUT2D eigenvalue weighted by molar-refractivity contribution is 5.76. The predicted octanol–water partition coefficient (Wildman–Crippen LogP) is 4.45. The van der Waals surface area contributed by atoms with Crippen molar-refractivity contribution < 1.29 is 9.90 Å². The standard InChI is InChI=1S/C20H27NO2/c1-12-3-6-17-15-5-4-13-9-19(23)18(21-11-22)10-16(13)14(15)7-8-20(12,17)2/h9-12,14-15,17,23H,3-8H2,1-2H3,(H,21,22)/t12-,14-,15+,17-,20+/m0/s1. The summed E-state index contributed by atoms with van der Waals surface area (Å²) in [5.74, 6) is 3.28. The number of benzene rings is 1. The van der Waals surface area contributed by atoms with Gasteiger partial charge in [-0.05, 0) is 90.9 Å². The molecule has 0 unspecified atom stereocenters. The van der Waals surface area contributed by atoms with Crippen LogP contribution >= 0.6 is 0 Å². The van der Waals surface area contributed by atoms with Crippen LogP contribution in [0.1, 0.15) is 63.0 Å². The summed E-state index contributed by atoms with van der Waals surface area (Å²) in [7, 11) is 0. The van der Waals surface area contributed by atoms with Crippen LogP contribution in [0.25, 0.3) is 0 Å². The second-order valence-corrected chi connectivity index (χ2v) is 8.27. The molecule has 124 valence electrons. The minimum absolute atomic E-state index is 0.199. The van der Waals surface area contributed by atoms with Crippen LogP contribution in [-0.2, 0) is 11.2 Å². The maximum absolute atomic E-state index is 10.8. The third-order valence-corrected chi connectivity index (χ3v) is 7.53. The zero-order valence-electron chi connectivity index (χ0n) is 14.1. The zero-order chi connectivity index (χ0) is 16.2. The SMILES string of the molecule is C[C@H]1CC[C@H]2[C@@H]3CCc4cc(O)c(NC=O)cc4[C@H]3CC[C@]12C. The Kier molecular flexibility index (Phi) is 3.44. The number of rotatable bonds is 2. The maximum Gasteiger partial charge on any atom is 0.211 e. The van der Waals surface area contributed by atoms with Gasteiger partial charge in [-0.15, -0.1) is 0 Å². The number of carbonyl (C=O) groups is 1. The van der Waals surface area contributed by atoms with Crippen LogP contribution in [0.4, 0.5) is 5.69 Å². The lowest BCUT2D eigenvalue weighted by molar-refractivity contribution is -0.105. The van der Waals surface area contributed by atoms with Crippen LogP contribution in [0.3, 0.4) is 0 Å². The quantitative estimate of drug-likeness (QED) is 0.626. The fraction of sp³-hybridized carbons (Fsp3) is 0.650. The highest BCUT2D eigenvalue weighted by atomic mass is 16.3. The van der Waals surface area contributed by atoms with Crippen molar-refractivity contribution in [1.82, 2.24) is 0 Å². The largest absolute Gasteiger partial charge is 0.506 e. The normalized spacial score (nSPS) is 38.3. The summed E-state index contributed by atoms with van der Waals surface area (Å²) < 4.78 is 0. The van der Waals surface area contributed by atoms with Gasteiger partial charge in [0.15, 0.2) is 0 Å². The summed E-state index contributed by atoms with van der Waals surface area (Å²) in [4.78, 5) is 10.8. The Balaban J connectivity index is 1.71. The van der Waals surface area contributed by atoms with E-state index in [1.165, 1.54) is 43.2 Å². The number of amides is 1. The summed E-state index contributed by atoms with van der Waals surface area (Å²) in [6.45, 7) is 4.97. The van der Waals surface area contributed by atoms with Gasteiger partial charge in [0.1, 0.15) is 5.75 Å². The number of aryl methyl sites for hydroxylation is 1. The molecule has 1 aromatic carbocycles. The summed E-state index contributed by atoms with van der Waals surface area (Å²) in [5.41, 5.74) is 3.76. The molecule has 1 aromatic rings. The van der Waals surface area contributed by atoms with E-state index in [-0.39, 0.29) is 5.75 Å². The lowest BCUT2D eigenvalue weighted by Gasteiger charge is -2.50. The van der Waals surface area contributed by atoms with Crippen LogP contribution in [0, 0.1) is 23.2 Å².